The van der Waals surface area contributed by atoms with Crippen LogP contribution in [-0.2, 0) is 0 Å². The van der Waals surface area contributed by atoms with Crippen molar-refractivity contribution in [3.63, 3.8) is 0 Å². The van der Waals surface area contributed by atoms with E-state index < -0.39 is 0 Å². The van der Waals surface area contributed by atoms with Crippen molar-refractivity contribution in [3.8, 4) is 0 Å². The van der Waals surface area contributed by atoms with Crippen molar-refractivity contribution < 1.29 is 0 Å². The molecular weight excluding hydrogens is 291 g/mol. The van der Waals surface area contributed by atoms with Gasteiger partial charge in [0, 0.05) is 3.57 Å². The second-order valence-electron chi connectivity index (χ2n) is 1.80. The Morgan fingerprint density at radius 1 is 1.33 bits per heavy atom. The Balaban J connectivity index is 0.000000640. The van der Waals surface area contributed by atoms with Gasteiger partial charge in [0.05, 0.1) is 0 Å². The molecule has 0 aliphatic heterocycles. The molecule has 0 heterocycles. The summed E-state index contributed by atoms with van der Waals surface area (Å²) >= 11 is 2.31. The molecule has 0 atom stereocenters. The number of hydrogen-bond donors (Lipinski definition) is 0. The van der Waals surface area contributed by atoms with E-state index in [0.29, 0.717) is 0 Å². The molecule has 0 N–H and O–H groups in total. The molecular formula is C7H8BrI. The summed E-state index contributed by atoms with van der Waals surface area (Å²) in [5, 5.41) is 0. The van der Waals surface area contributed by atoms with Crippen LogP contribution in [0.2, 0.25) is 0 Å². The molecule has 2 heteroatoms. The monoisotopic (exact) mass is 298 g/mol. The fourth-order valence-electron chi connectivity index (χ4n) is 0.606. The Hall–Kier alpha value is 0.430. The number of halogens is 2. The van der Waals surface area contributed by atoms with E-state index in [1.165, 1.54) is 9.13 Å². The van der Waals surface area contributed by atoms with Crippen molar-refractivity contribution in [1.29, 1.82) is 0 Å². The summed E-state index contributed by atoms with van der Waals surface area (Å²) in [4.78, 5) is 0. The summed E-state index contributed by atoms with van der Waals surface area (Å²) in [6, 6.07) is 8.41. The highest BCUT2D eigenvalue weighted by Crippen LogP contribution is 2.05. The second-order valence-corrected chi connectivity index (χ2v) is 3.04. The van der Waals surface area contributed by atoms with E-state index in [4.69, 9.17) is 0 Å². The predicted molar refractivity (Wildman–Crippen MR) is 54.2 cm³/mol. The van der Waals surface area contributed by atoms with Crippen molar-refractivity contribution in [2.75, 3.05) is 0 Å². The maximum absolute atomic E-state index is 2.31. The van der Waals surface area contributed by atoms with E-state index >= 15 is 0 Å². The molecule has 0 aliphatic carbocycles. The Kier molecular flexibility index (Phi) is 4.48. The Labute approximate surface area is 79.6 Å². The lowest BCUT2D eigenvalue weighted by Gasteiger charge is -1.89. The van der Waals surface area contributed by atoms with Gasteiger partial charge in [0.15, 0.2) is 0 Å². The highest BCUT2D eigenvalue weighted by atomic mass is 127. The van der Waals surface area contributed by atoms with E-state index in [-0.39, 0.29) is 17.0 Å². The molecule has 0 aromatic heterocycles. The standard InChI is InChI=1S/C7H7I.BrH/c1-6-3-2-4-7(8)5-6;/h2-5H,1H3;1H. The van der Waals surface area contributed by atoms with Crippen LogP contribution >= 0.6 is 39.6 Å². The minimum atomic E-state index is 0. The van der Waals surface area contributed by atoms with Gasteiger partial charge in [0.2, 0.25) is 0 Å². The van der Waals surface area contributed by atoms with Crippen LogP contribution in [0.4, 0.5) is 0 Å². The smallest absolute Gasteiger partial charge is 0.0132 e. The topological polar surface area (TPSA) is 0 Å². The molecule has 1 aromatic carbocycles. The lowest BCUT2D eigenvalue weighted by Crippen LogP contribution is -1.70. The number of rotatable bonds is 0. The van der Waals surface area contributed by atoms with Crippen LogP contribution in [0.15, 0.2) is 24.3 Å². The van der Waals surface area contributed by atoms with Crippen molar-refractivity contribution in [3.05, 3.63) is 33.4 Å². The van der Waals surface area contributed by atoms with Crippen molar-refractivity contribution in [2.45, 2.75) is 6.92 Å². The van der Waals surface area contributed by atoms with E-state index in [1.807, 2.05) is 0 Å². The quantitative estimate of drug-likeness (QED) is 0.645. The minimum Gasteiger partial charge on any atom is -0.114 e. The summed E-state index contributed by atoms with van der Waals surface area (Å²) in [7, 11) is 0. The largest absolute Gasteiger partial charge is 0.114 e. The van der Waals surface area contributed by atoms with E-state index in [1.54, 1.807) is 0 Å². The van der Waals surface area contributed by atoms with E-state index in [9.17, 15) is 0 Å². The molecule has 0 fully saturated rings. The third-order valence-electron chi connectivity index (χ3n) is 0.980. The average molecular weight is 299 g/mol. The van der Waals surface area contributed by atoms with Gasteiger partial charge in [-0.2, -0.15) is 0 Å². The number of aryl methyl sites for hydroxylation is 1. The first-order valence-corrected chi connectivity index (χ1v) is 3.59. The molecule has 0 amide bonds. The summed E-state index contributed by atoms with van der Waals surface area (Å²) in [6.45, 7) is 2.10. The van der Waals surface area contributed by atoms with Crippen molar-refractivity contribution in [2.24, 2.45) is 0 Å². The lowest BCUT2D eigenvalue weighted by molar-refractivity contribution is 1.45. The number of benzene rings is 1. The normalized spacial score (nSPS) is 8.22. The zero-order valence-electron chi connectivity index (χ0n) is 5.10. The Morgan fingerprint density at radius 2 is 2.00 bits per heavy atom. The molecule has 0 spiro atoms. The highest BCUT2D eigenvalue weighted by Gasteiger charge is 1.82. The molecule has 0 nitrogen and oxygen atoms in total. The maximum Gasteiger partial charge on any atom is 0.0132 e. The van der Waals surface area contributed by atoms with Crippen LogP contribution in [-0.4, -0.2) is 0 Å². The van der Waals surface area contributed by atoms with Crippen LogP contribution in [0.1, 0.15) is 5.56 Å². The fraction of sp³-hybridized carbons (Fsp3) is 0.143. The average Bonchev–Trinajstić information content (AvgIpc) is 1.64. The molecule has 0 saturated carbocycles. The third kappa shape index (κ3) is 3.20. The van der Waals surface area contributed by atoms with Gasteiger partial charge in [0.25, 0.3) is 0 Å². The van der Waals surface area contributed by atoms with Crippen LogP contribution in [0.3, 0.4) is 0 Å². The highest BCUT2D eigenvalue weighted by molar-refractivity contribution is 14.1. The van der Waals surface area contributed by atoms with Crippen molar-refractivity contribution >= 4 is 39.6 Å². The van der Waals surface area contributed by atoms with Gasteiger partial charge in [-0.1, -0.05) is 17.7 Å². The second kappa shape index (κ2) is 4.28. The van der Waals surface area contributed by atoms with E-state index in [2.05, 4.69) is 53.8 Å². The molecule has 0 radical (unpaired) electrons. The third-order valence-corrected chi connectivity index (χ3v) is 1.65. The predicted octanol–water partition coefficient (Wildman–Crippen LogP) is 3.18. The fourth-order valence-corrected chi connectivity index (χ4v) is 1.30. The molecule has 1 rings (SSSR count). The molecule has 0 aliphatic rings. The van der Waals surface area contributed by atoms with Gasteiger partial charge in [0.1, 0.15) is 0 Å². The van der Waals surface area contributed by atoms with Gasteiger partial charge in [-0.05, 0) is 41.6 Å². The minimum absolute atomic E-state index is 0. The van der Waals surface area contributed by atoms with Gasteiger partial charge < -0.3 is 0 Å². The zero-order chi connectivity index (χ0) is 5.98. The van der Waals surface area contributed by atoms with Gasteiger partial charge in [-0.15, -0.1) is 17.0 Å². The maximum atomic E-state index is 2.31. The van der Waals surface area contributed by atoms with Gasteiger partial charge in [-0.25, -0.2) is 0 Å². The molecule has 0 unspecified atom stereocenters. The summed E-state index contributed by atoms with van der Waals surface area (Å²) in [5.41, 5.74) is 1.33. The first-order chi connectivity index (χ1) is 3.79. The van der Waals surface area contributed by atoms with E-state index in [0.717, 1.165) is 0 Å². The first kappa shape index (κ1) is 9.43. The lowest BCUT2D eigenvalue weighted by atomic mass is 10.2. The molecule has 50 valence electrons. The summed E-state index contributed by atoms with van der Waals surface area (Å²) < 4.78 is 1.31. The molecule has 0 bridgehead atoms. The molecule has 0 saturated heterocycles. The van der Waals surface area contributed by atoms with Crippen LogP contribution < -0.4 is 0 Å². The molecule has 1 aromatic rings. The summed E-state index contributed by atoms with van der Waals surface area (Å²) in [6.07, 6.45) is 0. The van der Waals surface area contributed by atoms with Crippen LogP contribution in [0, 0.1) is 10.5 Å². The Morgan fingerprint density at radius 3 is 2.33 bits per heavy atom. The van der Waals surface area contributed by atoms with Gasteiger partial charge in [-0.3, -0.25) is 0 Å². The number of hydrogen-bond acceptors (Lipinski definition) is 0. The van der Waals surface area contributed by atoms with Crippen molar-refractivity contribution in [1.82, 2.24) is 0 Å². The Bertz CT molecular complexity index is 169. The summed E-state index contributed by atoms with van der Waals surface area (Å²) in [5.74, 6) is 0. The van der Waals surface area contributed by atoms with Gasteiger partial charge >= 0.3 is 0 Å². The van der Waals surface area contributed by atoms with Crippen LogP contribution in [0.5, 0.6) is 0 Å². The van der Waals surface area contributed by atoms with Crippen LogP contribution in [0.25, 0.3) is 0 Å². The SMILES string of the molecule is Br.Cc1cccc(I)c1. The zero-order valence-corrected chi connectivity index (χ0v) is 8.97. The molecule has 9 heavy (non-hydrogen) atoms. The first-order valence-electron chi connectivity index (χ1n) is 2.51.